The fraction of sp³-hybridized carbons (Fsp3) is 0.800. The van der Waals surface area contributed by atoms with Gasteiger partial charge in [0.2, 0.25) is 5.91 Å². The molecule has 0 atom stereocenters. The molecule has 26 heavy (non-hydrogen) atoms. The molecule has 0 saturated heterocycles. The van der Waals surface area contributed by atoms with Gasteiger partial charge in [-0.05, 0) is 39.3 Å². The Bertz CT molecular complexity index is 455. The Kier molecular flexibility index (Phi) is 12.0. The minimum Gasteiger partial charge on any atom is -0.356 e. The van der Waals surface area contributed by atoms with Gasteiger partial charge in [0.15, 0.2) is 0 Å². The molecule has 1 amide bonds. The summed E-state index contributed by atoms with van der Waals surface area (Å²) >= 11 is 0. The SMILES string of the molecule is CC(C)CCNC(=O)C1CCCCC1.CNCCN(C)Cc1cn[nH]c1. The standard InChI is InChI=1S/C12H23NO.C8H16N4/c1-10(2)8-9-13-12(14)11-6-4-3-5-7-11;1-9-3-4-12(2)7-8-5-10-11-6-8/h10-11H,3-9H2,1-2H3,(H,13,14);5-6,9H,3-4,7H2,1-2H3,(H,10,11). The van der Waals surface area contributed by atoms with Crippen LogP contribution in [0.5, 0.6) is 0 Å². The molecule has 6 heteroatoms. The number of aromatic amines is 1. The van der Waals surface area contributed by atoms with E-state index in [0.29, 0.717) is 17.7 Å². The number of likely N-dealkylation sites (N-methyl/N-ethyl adjacent to an activating group) is 2. The van der Waals surface area contributed by atoms with E-state index in [0.717, 1.165) is 45.4 Å². The van der Waals surface area contributed by atoms with Gasteiger partial charge >= 0.3 is 0 Å². The van der Waals surface area contributed by atoms with Crippen LogP contribution in [0.15, 0.2) is 12.4 Å². The van der Waals surface area contributed by atoms with E-state index in [1.54, 1.807) is 0 Å². The van der Waals surface area contributed by atoms with Crippen molar-refractivity contribution in [1.82, 2.24) is 25.7 Å². The molecule has 1 aliphatic carbocycles. The van der Waals surface area contributed by atoms with Crippen molar-refractivity contribution in [2.75, 3.05) is 33.7 Å². The molecule has 0 radical (unpaired) electrons. The number of amides is 1. The second kappa shape index (κ2) is 13.8. The van der Waals surface area contributed by atoms with Gasteiger partial charge in [0.25, 0.3) is 0 Å². The van der Waals surface area contributed by atoms with Crippen LogP contribution in [0.4, 0.5) is 0 Å². The molecule has 0 aromatic carbocycles. The summed E-state index contributed by atoms with van der Waals surface area (Å²) in [5.41, 5.74) is 1.23. The van der Waals surface area contributed by atoms with Crippen LogP contribution in [0.25, 0.3) is 0 Å². The van der Waals surface area contributed by atoms with Crippen molar-refractivity contribution in [1.29, 1.82) is 0 Å². The Morgan fingerprint density at radius 1 is 1.31 bits per heavy atom. The first-order chi connectivity index (χ1) is 12.5. The molecule has 1 heterocycles. The highest BCUT2D eigenvalue weighted by atomic mass is 16.1. The van der Waals surface area contributed by atoms with E-state index in [1.165, 1.54) is 24.8 Å². The molecule has 0 spiro atoms. The van der Waals surface area contributed by atoms with E-state index >= 15 is 0 Å². The van der Waals surface area contributed by atoms with Gasteiger partial charge in [0, 0.05) is 43.9 Å². The van der Waals surface area contributed by atoms with Crippen LogP contribution >= 0.6 is 0 Å². The molecule has 0 aliphatic heterocycles. The minimum absolute atomic E-state index is 0.297. The van der Waals surface area contributed by atoms with Crippen molar-refractivity contribution >= 4 is 5.91 Å². The van der Waals surface area contributed by atoms with E-state index in [-0.39, 0.29) is 0 Å². The molecule has 1 aliphatic rings. The van der Waals surface area contributed by atoms with Gasteiger partial charge in [-0.1, -0.05) is 33.1 Å². The predicted octanol–water partition coefficient (Wildman–Crippen LogP) is 2.79. The molecule has 0 unspecified atom stereocenters. The quantitative estimate of drug-likeness (QED) is 0.629. The third-order valence-electron chi connectivity index (χ3n) is 4.75. The molecule has 6 nitrogen and oxygen atoms in total. The Balaban J connectivity index is 0.000000263. The summed E-state index contributed by atoms with van der Waals surface area (Å²) in [6, 6.07) is 0. The molecule has 2 rings (SSSR count). The van der Waals surface area contributed by atoms with Crippen LogP contribution in [0.3, 0.4) is 0 Å². The van der Waals surface area contributed by atoms with Crippen molar-refractivity contribution < 1.29 is 4.79 Å². The second-order valence-corrected chi connectivity index (χ2v) is 7.76. The zero-order valence-electron chi connectivity index (χ0n) is 17.2. The number of hydrogen-bond acceptors (Lipinski definition) is 4. The lowest BCUT2D eigenvalue weighted by atomic mass is 9.88. The maximum atomic E-state index is 11.7. The van der Waals surface area contributed by atoms with Crippen LogP contribution < -0.4 is 10.6 Å². The smallest absolute Gasteiger partial charge is 0.223 e. The first-order valence-corrected chi connectivity index (χ1v) is 10.1. The number of hydrogen-bond donors (Lipinski definition) is 3. The number of rotatable bonds is 9. The zero-order chi connectivity index (χ0) is 19.2. The van der Waals surface area contributed by atoms with Gasteiger partial charge in [-0.3, -0.25) is 9.89 Å². The Hall–Kier alpha value is -1.40. The summed E-state index contributed by atoms with van der Waals surface area (Å²) in [5.74, 6) is 1.29. The number of carbonyl (C=O) groups is 1. The maximum Gasteiger partial charge on any atom is 0.223 e. The molecule has 0 bridgehead atoms. The first-order valence-electron chi connectivity index (χ1n) is 10.1. The first kappa shape index (κ1) is 22.6. The monoisotopic (exact) mass is 365 g/mol. The van der Waals surface area contributed by atoms with Crippen LogP contribution in [0, 0.1) is 11.8 Å². The fourth-order valence-electron chi connectivity index (χ4n) is 3.05. The average molecular weight is 366 g/mol. The lowest BCUT2D eigenvalue weighted by Gasteiger charge is -2.20. The third-order valence-corrected chi connectivity index (χ3v) is 4.75. The molecular weight excluding hydrogens is 326 g/mol. The summed E-state index contributed by atoms with van der Waals surface area (Å²) in [7, 11) is 4.07. The van der Waals surface area contributed by atoms with Gasteiger partial charge in [-0.25, -0.2) is 0 Å². The average Bonchev–Trinajstić information content (AvgIpc) is 3.14. The Morgan fingerprint density at radius 3 is 2.62 bits per heavy atom. The lowest BCUT2D eigenvalue weighted by Crippen LogP contribution is -2.32. The number of carbonyl (C=O) groups excluding carboxylic acids is 1. The van der Waals surface area contributed by atoms with Crippen molar-refractivity contribution in [2.24, 2.45) is 11.8 Å². The third kappa shape index (κ3) is 10.6. The second-order valence-electron chi connectivity index (χ2n) is 7.76. The Labute approximate surface area is 159 Å². The lowest BCUT2D eigenvalue weighted by molar-refractivity contribution is -0.125. The van der Waals surface area contributed by atoms with Crippen LogP contribution in [-0.4, -0.2) is 54.7 Å². The van der Waals surface area contributed by atoms with Gasteiger partial charge in [-0.15, -0.1) is 0 Å². The summed E-state index contributed by atoms with van der Waals surface area (Å²) < 4.78 is 0. The highest BCUT2D eigenvalue weighted by molar-refractivity contribution is 5.78. The summed E-state index contributed by atoms with van der Waals surface area (Å²) in [6.45, 7) is 8.26. The molecular formula is C20H39N5O. The molecule has 1 aromatic heterocycles. The van der Waals surface area contributed by atoms with Gasteiger partial charge in [0.05, 0.1) is 6.20 Å². The normalized spacial score (nSPS) is 15.0. The Morgan fingerprint density at radius 2 is 2.04 bits per heavy atom. The maximum absolute atomic E-state index is 11.7. The number of nitrogens with zero attached hydrogens (tertiary/aromatic N) is 2. The molecule has 1 aromatic rings. The zero-order valence-corrected chi connectivity index (χ0v) is 17.2. The van der Waals surface area contributed by atoms with Gasteiger partial charge < -0.3 is 15.5 Å². The van der Waals surface area contributed by atoms with Crippen molar-refractivity contribution in [3.63, 3.8) is 0 Å². The van der Waals surface area contributed by atoms with Crippen molar-refractivity contribution in [3.05, 3.63) is 18.0 Å². The number of nitrogens with one attached hydrogen (secondary N) is 3. The summed E-state index contributed by atoms with van der Waals surface area (Å²) in [5, 5.41) is 12.8. The molecule has 1 fully saturated rings. The van der Waals surface area contributed by atoms with E-state index < -0.39 is 0 Å². The van der Waals surface area contributed by atoms with E-state index in [4.69, 9.17) is 0 Å². The highest BCUT2D eigenvalue weighted by Gasteiger charge is 2.20. The van der Waals surface area contributed by atoms with E-state index in [9.17, 15) is 4.79 Å². The summed E-state index contributed by atoms with van der Waals surface area (Å²) in [6.07, 6.45) is 10.9. The van der Waals surface area contributed by atoms with Crippen LogP contribution in [0.2, 0.25) is 0 Å². The van der Waals surface area contributed by atoms with Gasteiger partial charge in [-0.2, -0.15) is 5.10 Å². The van der Waals surface area contributed by atoms with E-state index in [1.807, 2.05) is 19.4 Å². The molecule has 3 N–H and O–H groups in total. The predicted molar refractivity (Wildman–Crippen MR) is 108 cm³/mol. The fourth-order valence-corrected chi connectivity index (χ4v) is 3.05. The van der Waals surface area contributed by atoms with Crippen LogP contribution in [-0.2, 0) is 11.3 Å². The van der Waals surface area contributed by atoms with Crippen LogP contribution in [0.1, 0.15) is 57.9 Å². The topological polar surface area (TPSA) is 73.1 Å². The van der Waals surface area contributed by atoms with E-state index in [2.05, 4.69) is 46.6 Å². The van der Waals surface area contributed by atoms with Gasteiger partial charge in [0.1, 0.15) is 0 Å². The largest absolute Gasteiger partial charge is 0.356 e. The number of H-pyrrole nitrogens is 1. The molecule has 150 valence electrons. The minimum atomic E-state index is 0.297. The highest BCUT2D eigenvalue weighted by Crippen LogP contribution is 2.23. The summed E-state index contributed by atoms with van der Waals surface area (Å²) in [4.78, 5) is 13.9. The van der Waals surface area contributed by atoms with Crippen molar-refractivity contribution in [2.45, 2.75) is 58.9 Å². The number of aromatic nitrogens is 2. The van der Waals surface area contributed by atoms with Crippen molar-refractivity contribution in [3.8, 4) is 0 Å². The molecule has 1 saturated carbocycles.